The fourth-order valence-electron chi connectivity index (χ4n) is 2.42. The van der Waals surface area contributed by atoms with E-state index in [1.54, 1.807) is 0 Å². The number of aromatic amines is 1. The van der Waals surface area contributed by atoms with Crippen molar-refractivity contribution in [1.82, 2.24) is 14.9 Å². The number of hydrogen-bond acceptors (Lipinski definition) is 3. The number of nitrogens with zero attached hydrogens (tertiary/aromatic N) is 2. The maximum Gasteiger partial charge on any atom is 0.323 e. The zero-order chi connectivity index (χ0) is 16.3. The van der Waals surface area contributed by atoms with Gasteiger partial charge in [-0.05, 0) is 32.4 Å². The van der Waals surface area contributed by atoms with Crippen LogP contribution in [0, 0.1) is 6.92 Å². The average molecular weight is 303 g/mol. The lowest BCUT2D eigenvalue weighted by molar-refractivity contribution is -0.145. The van der Waals surface area contributed by atoms with Gasteiger partial charge in [0.1, 0.15) is 12.4 Å². The van der Waals surface area contributed by atoms with Crippen LogP contribution in [0.3, 0.4) is 0 Å². The molecule has 22 heavy (non-hydrogen) atoms. The molecule has 0 aliphatic rings. The van der Waals surface area contributed by atoms with Crippen LogP contribution < -0.4 is 0 Å². The van der Waals surface area contributed by atoms with Gasteiger partial charge in [0.05, 0.1) is 11.0 Å². The molecule has 1 aromatic carbocycles. The Morgan fingerprint density at radius 3 is 2.68 bits per heavy atom. The molecular formula is C16H21N3O3. The Kier molecular flexibility index (Phi) is 4.80. The summed E-state index contributed by atoms with van der Waals surface area (Å²) in [4.78, 5) is 32.1. The van der Waals surface area contributed by atoms with Crippen molar-refractivity contribution in [3.05, 3.63) is 29.6 Å². The third-order valence-corrected chi connectivity index (χ3v) is 3.59. The molecular weight excluding hydrogens is 282 g/mol. The first-order chi connectivity index (χ1) is 10.4. The second-order valence-corrected chi connectivity index (χ2v) is 5.66. The summed E-state index contributed by atoms with van der Waals surface area (Å²) in [6.45, 7) is 5.35. The predicted molar refractivity (Wildman–Crippen MR) is 83.6 cm³/mol. The van der Waals surface area contributed by atoms with Gasteiger partial charge >= 0.3 is 5.97 Å². The normalized spacial score (nSPS) is 11.1. The minimum absolute atomic E-state index is 0.137. The van der Waals surface area contributed by atoms with Gasteiger partial charge in [-0.2, -0.15) is 0 Å². The summed E-state index contributed by atoms with van der Waals surface area (Å²) >= 11 is 0. The summed E-state index contributed by atoms with van der Waals surface area (Å²) in [5.41, 5.74) is 2.95. The molecule has 0 unspecified atom stereocenters. The van der Waals surface area contributed by atoms with Crippen LogP contribution in [0.2, 0.25) is 0 Å². The molecule has 0 fully saturated rings. The van der Waals surface area contributed by atoms with Crippen molar-refractivity contribution in [2.75, 3.05) is 6.54 Å². The predicted octanol–water partition coefficient (Wildman–Crippen LogP) is 2.13. The highest BCUT2D eigenvalue weighted by Crippen LogP contribution is 2.16. The largest absolute Gasteiger partial charge is 0.480 e. The monoisotopic (exact) mass is 303 g/mol. The van der Waals surface area contributed by atoms with Crippen molar-refractivity contribution >= 4 is 22.9 Å². The topological polar surface area (TPSA) is 86.3 Å². The van der Waals surface area contributed by atoms with E-state index >= 15 is 0 Å². The number of rotatable bonds is 6. The first kappa shape index (κ1) is 16.0. The number of carboxylic acid groups (broad SMARTS) is 1. The second-order valence-electron chi connectivity index (χ2n) is 5.66. The van der Waals surface area contributed by atoms with Crippen LogP contribution in [0.15, 0.2) is 18.2 Å². The molecule has 0 bridgehead atoms. The molecule has 0 spiro atoms. The average Bonchev–Trinajstić information content (AvgIpc) is 2.86. The number of aryl methyl sites for hydroxylation is 2. The SMILES string of the molecule is Cc1cccc2[nH]c(CCC(=O)N(CC(=O)O)C(C)C)nc12. The lowest BCUT2D eigenvalue weighted by Gasteiger charge is -2.24. The summed E-state index contributed by atoms with van der Waals surface area (Å²) in [6.07, 6.45) is 0.708. The van der Waals surface area contributed by atoms with Gasteiger partial charge < -0.3 is 15.0 Å². The van der Waals surface area contributed by atoms with E-state index in [1.807, 2.05) is 39.0 Å². The number of amides is 1. The first-order valence-electron chi connectivity index (χ1n) is 7.34. The van der Waals surface area contributed by atoms with Crippen molar-refractivity contribution in [3.63, 3.8) is 0 Å². The number of para-hydroxylation sites is 1. The fraction of sp³-hybridized carbons (Fsp3) is 0.438. The van der Waals surface area contributed by atoms with Crippen molar-refractivity contribution in [2.45, 2.75) is 39.7 Å². The molecule has 0 saturated heterocycles. The molecule has 0 aliphatic carbocycles. The number of hydrogen-bond donors (Lipinski definition) is 2. The number of carbonyl (C=O) groups excluding carboxylic acids is 1. The Labute approximate surface area is 129 Å². The molecule has 2 N–H and O–H groups in total. The second kappa shape index (κ2) is 6.60. The quantitative estimate of drug-likeness (QED) is 0.856. The van der Waals surface area contributed by atoms with Crippen LogP contribution in [0.5, 0.6) is 0 Å². The number of benzene rings is 1. The molecule has 0 saturated carbocycles. The Hall–Kier alpha value is -2.37. The highest BCUT2D eigenvalue weighted by atomic mass is 16.4. The zero-order valence-corrected chi connectivity index (χ0v) is 13.1. The number of H-pyrrole nitrogens is 1. The van der Waals surface area contributed by atoms with Gasteiger partial charge in [0.15, 0.2) is 0 Å². The Morgan fingerprint density at radius 1 is 1.36 bits per heavy atom. The van der Waals surface area contributed by atoms with Crippen molar-refractivity contribution < 1.29 is 14.7 Å². The van der Waals surface area contributed by atoms with E-state index in [4.69, 9.17) is 5.11 Å². The van der Waals surface area contributed by atoms with Crippen molar-refractivity contribution in [1.29, 1.82) is 0 Å². The molecule has 6 nitrogen and oxygen atoms in total. The molecule has 1 aromatic heterocycles. The standard InChI is InChI=1S/C16H21N3O3/c1-10(2)19(9-15(21)22)14(20)8-7-13-17-12-6-4-5-11(3)16(12)18-13/h4-6,10H,7-9H2,1-3H3,(H,17,18)(H,21,22). The van der Waals surface area contributed by atoms with Crippen molar-refractivity contribution in [3.8, 4) is 0 Å². The van der Waals surface area contributed by atoms with E-state index in [0.717, 1.165) is 22.4 Å². The number of fused-ring (bicyclic) bond motifs is 1. The third kappa shape index (κ3) is 3.63. The maximum absolute atomic E-state index is 12.2. The van der Waals surface area contributed by atoms with Gasteiger partial charge in [-0.3, -0.25) is 9.59 Å². The molecule has 2 aromatic rings. The summed E-state index contributed by atoms with van der Waals surface area (Å²) in [5, 5.41) is 8.88. The molecule has 0 aliphatic heterocycles. The molecule has 0 atom stereocenters. The van der Waals surface area contributed by atoms with Crippen LogP contribution in [0.25, 0.3) is 11.0 Å². The molecule has 118 valence electrons. The van der Waals surface area contributed by atoms with Crippen molar-refractivity contribution in [2.24, 2.45) is 0 Å². The summed E-state index contributed by atoms with van der Waals surface area (Å²) < 4.78 is 0. The summed E-state index contributed by atoms with van der Waals surface area (Å²) in [5.74, 6) is -0.423. The molecule has 1 amide bonds. The van der Waals surface area contributed by atoms with Crippen LogP contribution in [-0.4, -0.2) is 44.4 Å². The van der Waals surface area contributed by atoms with Crippen LogP contribution in [0.1, 0.15) is 31.7 Å². The Balaban J connectivity index is 2.05. The fourth-order valence-corrected chi connectivity index (χ4v) is 2.42. The number of nitrogens with one attached hydrogen (secondary N) is 1. The highest BCUT2D eigenvalue weighted by Gasteiger charge is 2.20. The lowest BCUT2D eigenvalue weighted by atomic mass is 10.2. The zero-order valence-electron chi connectivity index (χ0n) is 13.1. The number of carbonyl (C=O) groups is 2. The van der Waals surface area contributed by atoms with Gasteiger partial charge in [-0.1, -0.05) is 12.1 Å². The first-order valence-corrected chi connectivity index (χ1v) is 7.34. The molecule has 1 heterocycles. The number of aliphatic carboxylic acids is 1. The summed E-state index contributed by atoms with van der Waals surface area (Å²) in [7, 11) is 0. The highest BCUT2D eigenvalue weighted by molar-refractivity contribution is 5.82. The van der Waals surface area contributed by atoms with E-state index < -0.39 is 5.97 Å². The Bertz CT molecular complexity index is 691. The minimum Gasteiger partial charge on any atom is -0.480 e. The van der Waals surface area contributed by atoms with Gasteiger partial charge in [-0.25, -0.2) is 4.98 Å². The third-order valence-electron chi connectivity index (χ3n) is 3.59. The van der Waals surface area contributed by atoms with Crippen LogP contribution in [0.4, 0.5) is 0 Å². The van der Waals surface area contributed by atoms with Gasteiger partial charge in [0.25, 0.3) is 0 Å². The van der Waals surface area contributed by atoms with E-state index in [-0.39, 0.29) is 24.9 Å². The van der Waals surface area contributed by atoms with Gasteiger partial charge in [-0.15, -0.1) is 0 Å². The number of imidazole rings is 1. The van der Waals surface area contributed by atoms with Crippen LogP contribution in [-0.2, 0) is 16.0 Å². The van der Waals surface area contributed by atoms with E-state index in [9.17, 15) is 9.59 Å². The van der Waals surface area contributed by atoms with Gasteiger partial charge in [0, 0.05) is 18.9 Å². The lowest BCUT2D eigenvalue weighted by Crippen LogP contribution is -2.40. The molecule has 0 radical (unpaired) electrons. The van der Waals surface area contributed by atoms with E-state index in [0.29, 0.717) is 6.42 Å². The molecule has 6 heteroatoms. The van der Waals surface area contributed by atoms with Gasteiger partial charge in [0.2, 0.25) is 5.91 Å². The van der Waals surface area contributed by atoms with E-state index in [1.165, 1.54) is 4.90 Å². The van der Waals surface area contributed by atoms with E-state index in [2.05, 4.69) is 9.97 Å². The Morgan fingerprint density at radius 2 is 2.09 bits per heavy atom. The smallest absolute Gasteiger partial charge is 0.323 e. The van der Waals surface area contributed by atoms with Crippen LogP contribution >= 0.6 is 0 Å². The number of aromatic nitrogens is 2. The molecule has 2 rings (SSSR count). The maximum atomic E-state index is 12.2. The number of carboxylic acids is 1. The minimum atomic E-state index is -0.999. The summed E-state index contributed by atoms with van der Waals surface area (Å²) in [6, 6.07) is 5.76.